The third-order valence-corrected chi connectivity index (χ3v) is 5.37. The lowest BCUT2D eigenvalue weighted by Crippen LogP contribution is -2.42. The van der Waals surface area contributed by atoms with Crippen molar-refractivity contribution in [2.75, 3.05) is 13.2 Å². The maximum atomic E-state index is 12.4. The highest BCUT2D eigenvalue weighted by atomic mass is 16.7. The average molecular weight is 502 g/mol. The van der Waals surface area contributed by atoms with Crippen molar-refractivity contribution in [3.8, 4) is 0 Å². The van der Waals surface area contributed by atoms with Crippen LogP contribution in [-0.2, 0) is 25.4 Å². The van der Waals surface area contributed by atoms with Gasteiger partial charge in [0.1, 0.15) is 23.9 Å². The van der Waals surface area contributed by atoms with E-state index in [9.17, 15) is 9.59 Å². The fourth-order valence-electron chi connectivity index (χ4n) is 3.66. The number of hydrogen-bond donors (Lipinski definition) is 3. The van der Waals surface area contributed by atoms with Crippen LogP contribution >= 0.6 is 0 Å². The van der Waals surface area contributed by atoms with Gasteiger partial charge in [0.25, 0.3) is 0 Å². The monoisotopic (exact) mass is 501 g/mol. The van der Waals surface area contributed by atoms with Gasteiger partial charge in [0.15, 0.2) is 0 Å². The van der Waals surface area contributed by atoms with Crippen molar-refractivity contribution >= 4 is 12.2 Å². The quantitative estimate of drug-likeness (QED) is 0.351. The van der Waals surface area contributed by atoms with E-state index < -0.39 is 42.2 Å². The van der Waals surface area contributed by atoms with Crippen LogP contribution in [0, 0.1) is 0 Å². The molecule has 36 heavy (non-hydrogen) atoms. The van der Waals surface area contributed by atoms with Gasteiger partial charge in [-0.2, -0.15) is 0 Å². The zero-order valence-corrected chi connectivity index (χ0v) is 21.3. The van der Waals surface area contributed by atoms with Crippen molar-refractivity contribution in [1.82, 2.24) is 0 Å². The van der Waals surface area contributed by atoms with E-state index in [-0.39, 0.29) is 19.6 Å². The molecule has 0 heterocycles. The Morgan fingerprint density at radius 1 is 0.917 bits per heavy atom. The van der Waals surface area contributed by atoms with E-state index in [4.69, 9.17) is 36.1 Å². The van der Waals surface area contributed by atoms with E-state index in [0.29, 0.717) is 12.8 Å². The highest BCUT2D eigenvalue weighted by Crippen LogP contribution is 2.20. The summed E-state index contributed by atoms with van der Waals surface area (Å²) in [6, 6.07) is 18.8. The fraction of sp³-hybridized carbons (Fsp3) is 0.481. The van der Waals surface area contributed by atoms with E-state index in [1.54, 1.807) is 20.8 Å². The summed E-state index contributed by atoms with van der Waals surface area (Å²) in [5.41, 5.74) is 18.9. The van der Waals surface area contributed by atoms with Gasteiger partial charge in [-0.1, -0.05) is 60.7 Å². The second kappa shape index (κ2) is 14.4. The average Bonchev–Trinajstić information content (AvgIpc) is 2.82. The summed E-state index contributed by atoms with van der Waals surface area (Å²) in [4.78, 5) is 24.0. The first-order chi connectivity index (χ1) is 17.1. The van der Waals surface area contributed by atoms with Gasteiger partial charge in [0, 0.05) is 19.0 Å². The number of nitrogens with two attached hydrogens (primary N) is 3. The van der Waals surface area contributed by atoms with Gasteiger partial charge in [0.05, 0.1) is 6.61 Å². The molecule has 9 nitrogen and oxygen atoms in total. The van der Waals surface area contributed by atoms with Crippen molar-refractivity contribution in [1.29, 1.82) is 0 Å². The fourth-order valence-corrected chi connectivity index (χ4v) is 3.66. The molecule has 0 aromatic heterocycles. The zero-order valence-electron chi connectivity index (χ0n) is 21.3. The van der Waals surface area contributed by atoms with Crippen LogP contribution in [0.15, 0.2) is 60.7 Å². The number of primary amides is 1. The number of ether oxygens (including phenoxy) is 4. The molecule has 4 atom stereocenters. The normalized spacial score (nSPS) is 14.8. The molecule has 9 heteroatoms. The number of hydrogen-bond acceptors (Lipinski definition) is 8. The van der Waals surface area contributed by atoms with Crippen LogP contribution in [0.4, 0.5) is 9.59 Å². The maximum absolute atomic E-state index is 12.4. The Morgan fingerprint density at radius 3 is 2.08 bits per heavy atom. The van der Waals surface area contributed by atoms with E-state index >= 15 is 0 Å². The van der Waals surface area contributed by atoms with Gasteiger partial charge >= 0.3 is 12.2 Å². The largest absolute Gasteiger partial charge is 0.509 e. The molecule has 198 valence electrons. The predicted octanol–water partition coefficient (Wildman–Crippen LogP) is 3.84. The Bertz CT molecular complexity index is 920. The third kappa shape index (κ3) is 11.1. The Kier molecular flexibility index (Phi) is 11.7. The molecule has 0 saturated carbocycles. The number of benzene rings is 2. The molecule has 2 aromatic rings. The maximum Gasteiger partial charge on any atom is 0.509 e. The second-order valence-corrected chi connectivity index (χ2v) is 9.56. The molecule has 0 spiro atoms. The Labute approximate surface area is 213 Å². The number of carbonyl (C=O) groups excluding carboxylic acids is 2. The topological polar surface area (TPSA) is 149 Å². The summed E-state index contributed by atoms with van der Waals surface area (Å²) >= 11 is 0. The van der Waals surface area contributed by atoms with Crippen LogP contribution in [-0.4, -0.2) is 49.3 Å². The SMILES string of the molecule is CC(C)(C)OC(=O)OC(COC(CN)C(CCc1ccccc1)OC(N)=O)CC(N)c1ccccc1. The highest BCUT2D eigenvalue weighted by Gasteiger charge is 2.28. The van der Waals surface area contributed by atoms with E-state index in [2.05, 4.69) is 0 Å². The van der Waals surface area contributed by atoms with Gasteiger partial charge in [0.2, 0.25) is 0 Å². The summed E-state index contributed by atoms with van der Waals surface area (Å²) in [5, 5.41) is 0. The molecular formula is C27H39N3O6. The highest BCUT2D eigenvalue weighted by molar-refractivity contribution is 5.64. The third-order valence-electron chi connectivity index (χ3n) is 5.37. The Balaban J connectivity index is 2.09. The summed E-state index contributed by atoms with van der Waals surface area (Å²) in [6.45, 7) is 5.29. The Hall–Kier alpha value is -3.14. The second-order valence-electron chi connectivity index (χ2n) is 9.56. The minimum Gasteiger partial charge on any atom is -0.444 e. The number of carbonyl (C=O) groups is 2. The minimum absolute atomic E-state index is 0.0222. The molecule has 0 bridgehead atoms. The van der Waals surface area contributed by atoms with Crippen LogP contribution < -0.4 is 17.2 Å². The summed E-state index contributed by atoms with van der Waals surface area (Å²) < 4.78 is 22.2. The minimum atomic E-state index is -0.914. The molecule has 0 aliphatic rings. The number of rotatable bonds is 13. The lowest BCUT2D eigenvalue weighted by molar-refractivity contribution is -0.0870. The molecule has 0 radical (unpaired) electrons. The van der Waals surface area contributed by atoms with Crippen molar-refractivity contribution < 1.29 is 28.5 Å². The van der Waals surface area contributed by atoms with E-state index in [1.165, 1.54) is 0 Å². The zero-order chi connectivity index (χ0) is 26.6. The first-order valence-corrected chi connectivity index (χ1v) is 12.1. The number of amides is 1. The molecule has 0 saturated heterocycles. The van der Waals surface area contributed by atoms with Crippen LogP contribution in [0.25, 0.3) is 0 Å². The van der Waals surface area contributed by atoms with Gasteiger partial charge in [-0.05, 0) is 44.7 Å². The van der Waals surface area contributed by atoms with Crippen LogP contribution in [0.1, 0.15) is 50.8 Å². The summed E-state index contributed by atoms with van der Waals surface area (Å²) in [6.07, 6.45) is -2.45. The molecule has 2 rings (SSSR count). The standard InChI is InChI=1S/C27H39N3O6/c1-27(2,3)36-26(32)34-21(16-22(29)20-12-8-5-9-13-20)18-33-24(17-28)23(35-25(30)31)15-14-19-10-6-4-7-11-19/h4-13,21-24H,14-18,28-29H2,1-3H3,(H2,30,31). The predicted molar refractivity (Wildman–Crippen MR) is 137 cm³/mol. The van der Waals surface area contributed by atoms with Gasteiger partial charge in [-0.25, -0.2) is 9.59 Å². The summed E-state index contributed by atoms with van der Waals surface area (Å²) in [7, 11) is 0. The van der Waals surface area contributed by atoms with Crippen LogP contribution in [0.3, 0.4) is 0 Å². The van der Waals surface area contributed by atoms with E-state index in [1.807, 2.05) is 60.7 Å². The van der Waals surface area contributed by atoms with Crippen molar-refractivity contribution in [2.24, 2.45) is 17.2 Å². The van der Waals surface area contributed by atoms with Gasteiger partial charge in [-0.15, -0.1) is 0 Å². The molecule has 6 N–H and O–H groups in total. The Morgan fingerprint density at radius 2 is 1.53 bits per heavy atom. The van der Waals surface area contributed by atoms with Crippen LogP contribution in [0.2, 0.25) is 0 Å². The van der Waals surface area contributed by atoms with Crippen LogP contribution in [0.5, 0.6) is 0 Å². The van der Waals surface area contributed by atoms with Crippen molar-refractivity contribution in [3.05, 3.63) is 71.8 Å². The molecule has 0 fully saturated rings. The molecule has 4 unspecified atom stereocenters. The van der Waals surface area contributed by atoms with Crippen molar-refractivity contribution in [3.63, 3.8) is 0 Å². The van der Waals surface area contributed by atoms with E-state index in [0.717, 1.165) is 11.1 Å². The van der Waals surface area contributed by atoms with Gasteiger partial charge in [-0.3, -0.25) is 0 Å². The molecule has 0 aliphatic carbocycles. The molecule has 1 amide bonds. The first kappa shape index (κ1) is 29.1. The lowest BCUT2D eigenvalue weighted by atomic mass is 10.0. The van der Waals surface area contributed by atoms with Crippen molar-refractivity contribution in [2.45, 2.75) is 70.0 Å². The number of aryl methyl sites for hydroxylation is 1. The molecule has 2 aromatic carbocycles. The van der Waals surface area contributed by atoms with Gasteiger partial charge < -0.3 is 36.1 Å². The lowest BCUT2D eigenvalue weighted by Gasteiger charge is -2.29. The first-order valence-electron chi connectivity index (χ1n) is 12.1. The molecule has 0 aliphatic heterocycles. The summed E-state index contributed by atoms with van der Waals surface area (Å²) in [5.74, 6) is 0. The smallest absolute Gasteiger partial charge is 0.444 e. The molecular weight excluding hydrogens is 462 g/mol.